The third-order valence-electron chi connectivity index (χ3n) is 4.11. The molecule has 1 amide bonds. The molecule has 0 radical (unpaired) electrons. The van der Waals surface area contributed by atoms with E-state index in [1.165, 1.54) is 10.6 Å². The van der Waals surface area contributed by atoms with Gasteiger partial charge in [-0.15, -0.1) is 0 Å². The van der Waals surface area contributed by atoms with Crippen molar-refractivity contribution in [2.45, 2.75) is 19.1 Å². The molecule has 0 bridgehead atoms. The lowest BCUT2D eigenvalue weighted by molar-refractivity contribution is -0.145. The summed E-state index contributed by atoms with van der Waals surface area (Å²) >= 11 is 0. The Kier molecular flexibility index (Phi) is 4.20. The molecule has 1 saturated heterocycles. The molecular formula is C15H20N2O5S. The minimum absolute atomic E-state index is 0.167. The van der Waals surface area contributed by atoms with E-state index < -0.39 is 22.2 Å². The summed E-state index contributed by atoms with van der Waals surface area (Å²) in [5.41, 5.74) is 0. The predicted molar refractivity (Wildman–Crippen MR) is 83.9 cm³/mol. The van der Waals surface area contributed by atoms with Gasteiger partial charge in [0.25, 0.3) is 5.91 Å². The minimum atomic E-state index is -3.21. The number of piperazine rings is 1. The molecule has 1 aromatic carbocycles. The number of carbonyl (C=O) groups is 1. The number of hydrogen-bond donors (Lipinski definition) is 0. The summed E-state index contributed by atoms with van der Waals surface area (Å²) in [6.07, 6.45) is 0.0710. The third kappa shape index (κ3) is 3.28. The monoisotopic (exact) mass is 340 g/mol. The lowest BCUT2D eigenvalue weighted by atomic mass is 10.1. The van der Waals surface area contributed by atoms with Crippen LogP contribution in [0, 0.1) is 0 Å². The maximum Gasteiger partial charge on any atom is 0.267 e. The van der Waals surface area contributed by atoms with Gasteiger partial charge in [-0.3, -0.25) is 4.79 Å². The Morgan fingerprint density at radius 3 is 2.22 bits per heavy atom. The molecule has 0 aliphatic carbocycles. The molecule has 2 aliphatic heterocycles. The molecule has 23 heavy (non-hydrogen) atoms. The fraction of sp³-hybridized carbons (Fsp3) is 0.533. The SMILES string of the molecule is C[C@H]1Oc2ccccc2O[C@H]1C(=O)N1CCN(S(C)(=O)=O)CC1. The van der Waals surface area contributed by atoms with E-state index >= 15 is 0 Å². The summed E-state index contributed by atoms with van der Waals surface area (Å²) in [5.74, 6) is 1.02. The average molecular weight is 340 g/mol. The van der Waals surface area contributed by atoms with E-state index in [9.17, 15) is 13.2 Å². The first-order valence-corrected chi connectivity index (χ1v) is 9.37. The van der Waals surface area contributed by atoms with Crippen LogP contribution in [0.1, 0.15) is 6.92 Å². The Hall–Kier alpha value is -1.80. The van der Waals surface area contributed by atoms with Crippen LogP contribution in [0.5, 0.6) is 11.5 Å². The second-order valence-electron chi connectivity index (χ2n) is 5.80. The molecule has 7 nitrogen and oxygen atoms in total. The van der Waals surface area contributed by atoms with Crippen molar-refractivity contribution in [3.05, 3.63) is 24.3 Å². The standard InChI is InChI=1S/C15H20N2O5S/c1-11-14(22-13-6-4-3-5-12(13)21-11)15(18)16-7-9-17(10-8-16)23(2,19)20/h3-6,11,14H,7-10H2,1-2H3/t11-,14-/m1/s1. The molecule has 1 fully saturated rings. The van der Waals surface area contributed by atoms with Crippen molar-refractivity contribution in [2.24, 2.45) is 0 Å². The largest absolute Gasteiger partial charge is 0.482 e. The molecule has 0 saturated carbocycles. The normalized spacial score (nSPS) is 25.2. The fourth-order valence-corrected chi connectivity index (χ4v) is 3.64. The van der Waals surface area contributed by atoms with Gasteiger partial charge in [-0.25, -0.2) is 8.42 Å². The van der Waals surface area contributed by atoms with Crippen molar-refractivity contribution < 1.29 is 22.7 Å². The number of rotatable bonds is 2. The molecule has 0 unspecified atom stereocenters. The molecule has 0 aromatic heterocycles. The molecule has 3 rings (SSSR count). The van der Waals surface area contributed by atoms with Crippen molar-refractivity contribution in [1.82, 2.24) is 9.21 Å². The van der Waals surface area contributed by atoms with Gasteiger partial charge in [-0.2, -0.15) is 4.31 Å². The van der Waals surface area contributed by atoms with Crippen LogP contribution < -0.4 is 9.47 Å². The number of fused-ring (bicyclic) bond motifs is 1. The summed E-state index contributed by atoms with van der Waals surface area (Å²) in [5, 5.41) is 0. The van der Waals surface area contributed by atoms with Crippen molar-refractivity contribution in [3.63, 3.8) is 0 Å². The van der Waals surface area contributed by atoms with Crippen molar-refractivity contribution in [3.8, 4) is 11.5 Å². The predicted octanol–water partition coefficient (Wildman–Crippen LogP) is 0.319. The summed E-state index contributed by atoms with van der Waals surface area (Å²) < 4.78 is 36.0. The van der Waals surface area contributed by atoms with Gasteiger partial charge in [-0.05, 0) is 19.1 Å². The number of carbonyl (C=O) groups excluding carboxylic acids is 1. The highest BCUT2D eigenvalue weighted by Gasteiger charge is 2.38. The molecule has 2 atom stereocenters. The molecule has 126 valence electrons. The van der Waals surface area contributed by atoms with Crippen molar-refractivity contribution >= 4 is 15.9 Å². The number of hydrogen-bond acceptors (Lipinski definition) is 5. The van der Waals surface area contributed by atoms with Crippen LogP contribution in [0.2, 0.25) is 0 Å². The Morgan fingerprint density at radius 2 is 1.65 bits per heavy atom. The van der Waals surface area contributed by atoms with Crippen LogP contribution >= 0.6 is 0 Å². The van der Waals surface area contributed by atoms with Gasteiger partial charge in [-0.1, -0.05) is 12.1 Å². The van der Waals surface area contributed by atoms with Crippen LogP contribution in [0.15, 0.2) is 24.3 Å². The lowest BCUT2D eigenvalue weighted by Gasteiger charge is -2.38. The van der Waals surface area contributed by atoms with E-state index in [0.717, 1.165) is 0 Å². The number of amides is 1. The highest BCUT2D eigenvalue weighted by Crippen LogP contribution is 2.34. The Balaban J connectivity index is 1.68. The zero-order valence-corrected chi connectivity index (χ0v) is 14.0. The Morgan fingerprint density at radius 1 is 1.09 bits per heavy atom. The van der Waals surface area contributed by atoms with Gasteiger partial charge in [0.1, 0.15) is 6.10 Å². The van der Waals surface area contributed by atoms with Gasteiger partial charge >= 0.3 is 0 Å². The van der Waals surface area contributed by atoms with Crippen LogP contribution in [0.25, 0.3) is 0 Å². The van der Waals surface area contributed by atoms with Crippen LogP contribution in [-0.4, -0.2) is 68.2 Å². The highest BCUT2D eigenvalue weighted by molar-refractivity contribution is 7.88. The summed E-state index contributed by atoms with van der Waals surface area (Å²) in [4.78, 5) is 14.3. The maximum absolute atomic E-state index is 12.7. The molecule has 0 N–H and O–H groups in total. The van der Waals surface area contributed by atoms with Gasteiger partial charge < -0.3 is 14.4 Å². The van der Waals surface area contributed by atoms with Gasteiger partial charge in [0.2, 0.25) is 16.1 Å². The van der Waals surface area contributed by atoms with Crippen LogP contribution in [0.3, 0.4) is 0 Å². The summed E-state index contributed by atoms with van der Waals surface area (Å²) in [6, 6.07) is 7.24. The van der Waals surface area contributed by atoms with E-state index in [0.29, 0.717) is 37.7 Å². The summed E-state index contributed by atoms with van der Waals surface area (Å²) in [7, 11) is -3.21. The molecule has 2 aliphatic rings. The quantitative estimate of drug-likeness (QED) is 0.775. The van der Waals surface area contributed by atoms with Gasteiger partial charge in [0, 0.05) is 26.2 Å². The number of para-hydroxylation sites is 2. The van der Waals surface area contributed by atoms with Crippen molar-refractivity contribution in [2.75, 3.05) is 32.4 Å². The first-order chi connectivity index (χ1) is 10.9. The number of ether oxygens (including phenoxy) is 2. The highest BCUT2D eigenvalue weighted by atomic mass is 32.2. The van der Waals surface area contributed by atoms with E-state index in [2.05, 4.69) is 0 Å². The maximum atomic E-state index is 12.7. The molecular weight excluding hydrogens is 320 g/mol. The Labute approximate surface area is 135 Å². The van der Waals surface area contributed by atoms with Gasteiger partial charge in [0.05, 0.1) is 6.26 Å². The second kappa shape index (κ2) is 6.01. The molecule has 1 aromatic rings. The lowest BCUT2D eigenvalue weighted by Crippen LogP contribution is -2.56. The van der Waals surface area contributed by atoms with E-state index in [1.54, 1.807) is 24.0 Å². The zero-order valence-electron chi connectivity index (χ0n) is 13.1. The van der Waals surface area contributed by atoms with E-state index in [4.69, 9.17) is 9.47 Å². The topological polar surface area (TPSA) is 76.2 Å². The fourth-order valence-electron chi connectivity index (χ4n) is 2.81. The van der Waals surface area contributed by atoms with E-state index in [1.807, 2.05) is 12.1 Å². The van der Waals surface area contributed by atoms with Crippen LogP contribution in [-0.2, 0) is 14.8 Å². The first kappa shape index (κ1) is 16.1. The second-order valence-corrected chi connectivity index (χ2v) is 7.78. The smallest absolute Gasteiger partial charge is 0.267 e. The first-order valence-electron chi connectivity index (χ1n) is 7.52. The number of nitrogens with zero attached hydrogens (tertiary/aromatic N) is 2. The molecule has 8 heteroatoms. The molecule has 2 heterocycles. The van der Waals surface area contributed by atoms with Crippen molar-refractivity contribution in [1.29, 1.82) is 0 Å². The third-order valence-corrected chi connectivity index (χ3v) is 5.41. The minimum Gasteiger partial charge on any atom is -0.482 e. The number of sulfonamides is 1. The molecule has 0 spiro atoms. The average Bonchev–Trinajstić information content (AvgIpc) is 2.53. The number of benzene rings is 1. The zero-order chi connectivity index (χ0) is 16.6. The Bertz CT molecular complexity index is 698. The van der Waals surface area contributed by atoms with E-state index in [-0.39, 0.29) is 5.91 Å². The van der Waals surface area contributed by atoms with Crippen LogP contribution in [0.4, 0.5) is 0 Å². The van der Waals surface area contributed by atoms with Gasteiger partial charge in [0.15, 0.2) is 11.5 Å². The summed E-state index contributed by atoms with van der Waals surface area (Å²) in [6.45, 7) is 3.14.